The zero-order valence-electron chi connectivity index (χ0n) is 21.4. The van der Waals surface area contributed by atoms with Crippen LogP contribution >= 0.6 is 0 Å². The van der Waals surface area contributed by atoms with Crippen molar-refractivity contribution in [1.82, 2.24) is 19.4 Å². The Bertz CT molecular complexity index is 1500. The third-order valence-corrected chi connectivity index (χ3v) is 7.13. The fraction of sp³-hybridized carbons (Fsp3) is 0.310. The number of rotatable bonds is 9. The van der Waals surface area contributed by atoms with Gasteiger partial charge in [0.2, 0.25) is 11.8 Å². The number of anilines is 1. The molecule has 10 heteroatoms. The van der Waals surface area contributed by atoms with Gasteiger partial charge >= 0.3 is 5.97 Å². The molecule has 2 fully saturated rings. The van der Waals surface area contributed by atoms with E-state index in [0.717, 1.165) is 35.4 Å². The van der Waals surface area contributed by atoms with Crippen molar-refractivity contribution in [2.24, 2.45) is 0 Å². The van der Waals surface area contributed by atoms with Crippen molar-refractivity contribution in [2.45, 2.75) is 32.2 Å². The van der Waals surface area contributed by atoms with Crippen molar-refractivity contribution >= 4 is 28.7 Å². The molecule has 10 nitrogen and oxygen atoms in total. The summed E-state index contributed by atoms with van der Waals surface area (Å²) in [5.41, 5.74) is 2.76. The number of carbonyl (C=O) groups excluding carboxylic acids is 1. The van der Waals surface area contributed by atoms with E-state index in [9.17, 15) is 14.7 Å². The highest BCUT2D eigenvalue weighted by atomic mass is 16.5. The van der Waals surface area contributed by atoms with Gasteiger partial charge in [-0.2, -0.15) is 4.98 Å². The number of carboxylic acid groups (broad SMARTS) is 1. The van der Waals surface area contributed by atoms with Crippen LogP contribution in [0.1, 0.15) is 28.2 Å². The number of amides is 1. The topological polar surface area (TPSA) is 110 Å². The molecule has 1 atom stereocenters. The summed E-state index contributed by atoms with van der Waals surface area (Å²) >= 11 is 0. The summed E-state index contributed by atoms with van der Waals surface area (Å²) in [5, 5.41) is 9.47. The number of hydrogen-bond donors (Lipinski definition) is 1. The molecule has 200 valence electrons. The van der Waals surface area contributed by atoms with E-state index in [1.54, 1.807) is 29.2 Å². The van der Waals surface area contributed by atoms with Crippen LogP contribution in [0.15, 0.2) is 66.7 Å². The molecule has 0 spiro atoms. The first-order valence-electron chi connectivity index (χ1n) is 13.0. The zero-order chi connectivity index (χ0) is 26.8. The smallest absolute Gasteiger partial charge is 0.335 e. The van der Waals surface area contributed by atoms with Crippen molar-refractivity contribution in [3.05, 3.63) is 83.7 Å². The highest BCUT2D eigenvalue weighted by Crippen LogP contribution is 2.25. The van der Waals surface area contributed by atoms with Crippen molar-refractivity contribution in [2.75, 3.05) is 31.1 Å². The first-order valence-corrected chi connectivity index (χ1v) is 13.0. The van der Waals surface area contributed by atoms with Gasteiger partial charge in [-0.3, -0.25) is 14.6 Å². The fourth-order valence-corrected chi connectivity index (χ4v) is 4.93. The van der Waals surface area contributed by atoms with Crippen molar-refractivity contribution in [1.29, 1.82) is 0 Å². The summed E-state index contributed by atoms with van der Waals surface area (Å²) in [7, 11) is 0. The lowest BCUT2D eigenvalue weighted by Crippen LogP contribution is -2.50. The predicted molar refractivity (Wildman–Crippen MR) is 144 cm³/mol. The lowest BCUT2D eigenvalue weighted by Gasteiger charge is -2.34. The number of imidazole rings is 1. The highest BCUT2D eigenvalue weighted by Gasteiger charge is 2.28. The average molecular weight is 528 g/mol. The minimum atomic E-state index is -0.976. The molecule has 4 aromatic rings. The molecule has 0 aliphatic carbocycles. The van der Waals surface area contributed by atoms with Gasteiger partial charge in [0.15, 0.2) is 0 Å². The molecule has 1 unspecified atom stereocenters. The quantitative estimate of drug-likeness (QED) is 0.353. The number of pyridine rings is 1. The molecule has 39 heavy (non-hydrogen) atoms. The first kappa shape index (κ1) is 25.0. The molecule has 4 heterocycles. The van der Waals surface area contributed by atoms with Crippen LogP contribution < -0.4 is 9.64 Å². The Morgan fingerprint density at radius 1 is 1.05 bits per heavy atom. The molecule has 2 aliphatic heterocycles. The Morgan fingerprint density at radius 3 is 2.64 bits per heavy atom. The molecule has 2 aromatic heterocycles. The molecule has 1 N–H and O–H groups in total. The van der Waals surface area contributed by atoms with E-state index in [2.05, 4.69) is 9.88 Å². The van der Waals surface area contributed by atoms with Crippen molar-refractivity contribution in [3.63, 3.8) is 0 Å². The van der Waals surface area contributed by atoms with E-state index in [1.165, 1.54) is 0 Å². The number of fused-ring (bicyclic) bond motifs is 1. The van der Waals surface area contributed by atoms with Crippen LogP contribution in [-0.4, -0.2) is 68.8 Å². The third-order valence-electron chi connectivity index (χ3n) is 7.13. The van der Waals surface area contributed by atoms with Crippen LogP contribution in [0.5, 0.6) is 5.88 Å². The first-order chi connectivity index (χ1) is 19.0. The van der Waals surface area contributed by atoms with Crippen molar-refractivity contribution in [3.8, 4) is 5.88 Å². The maximum atomic E-state index is 13.2. The summed E-state index contributed by atoms with van der Waals surface area (Å²) < 4.78 is 13.5. The third kappa shape index (κ3) is 5.47. The molecular formula is C29H29N5O5. The summed E-state index contributed by atoms with van der Waals surface area (Å²) in [6.45, 7) is 3.56. The summed E-state index contributed by atoms with van der Waals surface area (Å²) in [6.07, 6.45) is 1.03. The van der Waals surface area contributed by atoms with Gasteiger partial charge in [-0.05, 0) is 36.2 Å². The molecule has 0 saturated carbocycles. The number of hydrogen-bond acceptors (Lipinski definition) is 7. The maximum absolute atomic E-state index is 13.2. The normalized spacial score (nSPS) is 17.8. The SMILES string of the molecule is O=C(O)c1ccc2nc(CN3CCN(c4cccc(OCc5ccccc5)n4)C(=O)C3)n(CC3CCO3)c2c1. The van der Waals surface area contributed by atoms with Crippen LogP contribution in [0.2, 0.25) is 0 Å². The second-order valence-corrected chi connectivity index (χ2v) is 9.79. The Balaban J connectivity index is 1.15. The lowest BCUT2D eigenvalue weighted by atomic mass is 10.1. The van der Waals surface area contributed by atoms with Crippen LogP contribution in [0.25, 0.3) is 11.0 Å². The molecule has 1 amide bonds. The fourth-order valence-electron chi connectivity index (χ4n) is 4.93. The monoisotopic (exact) mass is 527 g/mol. The predicted octanol–water partition coefficient (Wildman–Crippen LogP) is 3.35. The van der Waals surface area contributed by atoms with Crippen LogP contribution in [-0.2, 0) is 29.2 Å². The van der Waals surface area contributed by atoms with Gasteiger partial charge in [-0.15, -0.1) is 0 Å². The number of carboxylic acids is 1. The van der Waals surface area contributed by atoms with E-state index < -0.39 is 5.97 Å². The molecular weight excluding hydrogens is 498 g/mol. The van der Waals surface area contributed by atoms with Crippen LogP contribution in [0.4, 0.5) is 5.82 Å². The standard InChI is InChI=1S/C29H29N5O5/c35-28-18-32(12-13-33(28)25-7-4-8-27(31-25)39-19-20-5-2-1-3-6-20)17-26-30-23-10-9-21(29(36)37)15-24(23)34(26)16-22-11-14-38-22/h1-10,15,22H,11-14,16-19H2,(H,36,37). The van der Waals surface area contributed by atoms with Crippen LogP contribution in [0.3, 0.4) is 0 Å². The molecule has 0 bridgehead atoms. The van der Waals surface area contributed by atoms with Gasteiger partial charge in [0.05, 0.1) is 42.3 Å². The van der Waals surface area contributed by atoms with E-state index in [1.807, 2.05) is 47.0 Å². The largest absolute Gasteiger partial charge is 0.478 e. The minimum Gasteiger partial charge on any atom is -0.478 e. The van der Waals surface area contributed by atoms with Gasteiger partial charge in [-0.25, -0.2) is 9.78 Å². The number of aromatic nitrogens is 3. The van der Waals surface area contributed by atoms with Gasteiger partial charge < -0.3 is 19.1 Å². The highest BCUT2D eigenvalue weighted by molar-refractivity contribution is 5.95. The summed E-state index contributed by atoms with van der Waals surface area (Å²) in [6, 6.07) is 20.3. The number of ether oxygens (including phenoxy) is 2. The van der Waals surface area contributed by atoms with Gasteiger partial charge in [0, 0.05) is 25.8 Å². The Kier molecular flexibility index (Phi) is 6.95. The summed E-state index contributed by atoms with van der Waals surface area (Å²) in [4.78, 5) is 37.9. The zero-order valence-corrected chi connectivity index (χ0v) is 21.4. The summed E-state index contributed by atoms with van der Waals surface area (Å²) in [5.74, 6) is 0.807. The van der Waals surface area contributed by atoms with E-state index >= 15 is 0 Å². The van der Waals surface area contributed by atoms with E-state index in [0.29, 0.717) is 44.5 Å². The maximum Gasteiger partial charge on any atom is 0.335 e. The van der Waals surface area contributed by atoms with E-state index in [4.69, 9.17) is 14.5 Å². The number of benzene rings is 2. The van der Waals surface area contributed by atoms with Gasteiger partial charge in [-0.1, -0.05) is 36.4 Å². The Hall–Kier alpha value is -4.28. The van der Waals surface area contributed by atoms with Gasteiger partial charge in [0.25, 0.3) is 0 Å². The Labute approximate surface area is 225 Å². The van der Waals surface area contributed by atoms with Gasteiger partial charge in [0.1, 0.15) is 18.2 Å². The molecule has 0 radical (unpaired) electrons. The second kappa shape index (κ2) is 10.8. The second-order valence-electron chi connectivity index (χ2n) is 9.79. The van der Waals surface area contributed by atoms with Crippen LogP contribution in [0, 0.1) is 0 Å². The molecule has 6 rings (SSSR count). The molecule has 2 aromatic carbocycles. The minimum absolute atomic E-state index is 0.0490. The van der Waals surface area contributed by atoms with E-state index in [-0.39, 0.29) is 24.1 Å². The molecule has 2 aliphatic rings. The average Bonchev–Trinajstić information content (AvgIpc) is 3.26. The lowest BCUT2D eigenvalue weighted by molar-refractivity contribution is -0.121. The molecule has 2 saturated heterocycles. The Morgan fingerprint density at radius 2 is 1.90 bits per heavy atom. The number of piperazine rings is 1. The number of aromatic carboxylic acids is 1. The number of carbonyl (C=O) groups is 2. The van der Waals surface area contributed by atoms with Crippen molar-refractivity contribution < 1.29 is 24.2 Å². The number of nitrogens with zero attached hydrogens (tertiary/aromatic N) is 5.